The lowest BCUT2D eigenvalue weighted by Gasteiger charge is -2.26. The van der Waals surface area contributed by atoms with Gasteiger partial charge in [-0.3, -0.25) is 0 Å². The standard InChI is InChI=1S/C15H32BN/c1-2-3-4-5-6-7-12-17-13-8-10-15(16)11-9-14-17/h15H,2-14,16H2,1H3. The summed E-state index contributed by atoms with van der Waals surface area (Å²) in [4.78, 5) is 2.71. The molecule has 1 nitrogen and oxygen atoms in total. The maximum absolute atomic E-state index is 2.71. The molecule has 0 unspecified atom stereocenters. The number of nitrogens with zero attached hydrogens (tertiary/aromatic N) is 1. The highest BCUT2D eigenvalue weighted by Gasteiger charge is 2.11. The van der Waals surface area contributed by atoms with Crippen LogP contribution < -0.4 is 0 Å². The third-order valence-corrected chi connectivity index (χ3v) is 4.17. The van der Waals surface area contributed by atoms with Gasteiger partial charge in [-0.25, -0.2) is 0 Å². The minimum atomic E-state index is 0.978. The monoisotopic (exact) mass is 237 g/mol. The Morgan fingerprint density at radius 2 is 1.53 bits per heavy atom. The molecule has 0 N–H and O–H groups in total. The second-order valence-corrected chi connectivity index (χ2v) is 6.00. The Bertz CT molecular complexity index is 162. The molecule has 0 aliphatic carbocycles. The van der Waals surface area contributed by atoms with E-state index in [0.29, 0.717) is 0 Å². The van der Waals surface area contributed by atoms with E-state index in [2.05, 4.69) is 19.7 Å². The molecule has 1 aliphatic rings. The predicted molar refractivity (Wildman–Crippen MR) is 80.6 cm³/mol. The summed E-state index contributed by atoms with van der Waals surface area (Å²) in [5, 5.41) is 0. The zero-order valence-electron chi connectivity index (χ0n) is 12.2. The van der Waals surface area contributed by atoms with Crippen molar-refractivity contribution in [1.29, 1.82) is 0 Å². The fourth-order valence-electron chi connectivity index (χ4n) is 2.92. The van der Waals surface area contributed by atoms with Crippen LogP contribution in [0.1, 0.15) is 71.1 Å². The summed E-state index contributed by atoms with van der Waals surface area (Å²) in [6, 6.07) is 0. The van der Waals surface area contributed by atoms with Crippen LogP contribution >= 0.6 is 0 Å². The minimum Gasteiger partial charge on any atom is -0.303 e. The highest BCUT2D eigenvalue weighted by atomic mass is 15.1. The largest absolute Gasteiger partial charge is 0.303 e. The third kappa shape index (κ3) is 7.86. The first-order valence-electron chi connectivity index (χ1n) is 8.05. The Kier molecular flexibility index (Phi) is 8.87. The van der Waals surface area contributed by atoms with Crippen LogP contribution in [0.15, 0.2) is 0 Å². The second kappa shape index (κ2) is 9.99. The average molecular weight is 237 g/mol. The molecule has 0 aromatic rings. The molecule has 0 bridgehead atoms. The Morgan fingerprint density at radius 3 is 2.18 bits per heavy atom. The quantitative estimate of drug-likeness (QED) is 0.482. The van der Waals surface area contributed by atoms with Gasteiger partial charge in [0, 0.05) is 0 Å². The maximum atomic E-state index is 2.71. The normalized spacial score (nSPS) is 20.1. The van der Waals surface area contributed by atoms with E-state index in [1.54, 1.807) is 0 Å². The topological polar surface area (TPSA) is 3.24 Å². The summed E-state index contributed by atoms with van der Waals surface area (Å²) in [6.45, 7) is 6.38. The molecule has 0 radical (unpaired) electrons. The van der Waals surface area contributed by atoms with Crippen molar-refractivity contribution in [3.63, 3.8) is 0 Å². The summed E-state index contributed by atoms with van der Waals surface area (Å²) in [5.74, 6) is 0.978. The van der Waals surface area contributed by atoms with Crippen molar-refractivity contribution in [2.24, 2.45) is 0 Å². The Morgan fingerprint density at radius 1 is 0.941 bits per heavy atom. The van der Waals surface area contributed by atoms with E-state index < -0.39 is 0 Å². The predicted octanol–water partition coefficient (Wildman–Crippen LogP) is 3.64. The van der Waals surface area contributed by atoms with Gasteiger partial charge in [0.1, 0.15) is 7.85 Å². The van der Waals surface area contributed by atoms with Crippen molar-refractivity contribution in [3.05, 3.63) is 0 Å². The van der Waals surface area contributed by atoms with E-state index in [4.69, 9.17) is 0 Å². The molecule has 0 aromatic heterocycles. The van der Waals surface area contributed by atoms with Gasteiger partial charge < -0.3 is 4.90 Å². The molecule has 0 aromatic carbocycles. The van der Waals surface area contributed by atoms with Gasteiger partial charge in [0.2, 0.25) is 0 Å². The highest BCUT2D eigenvalue weighted by molar-refractivity contribution is 6.11. The molecule has 2 heteroatoms. The van der Waals surface area contributed by atoms with Crippen LogP contribution in [-0.2, 0) is 0 Å². The first kappa shape index (κ1) is 15.1. The van der Waals surface area contributed by atoms with E-state index in [0.717, 1.165) is 5.82 Å². The maximum Gasteiger partial charge on any atom is 0.105 e. The SMILES string of the molecule is BC1CCCN(CCCCCCCC)CCC1. The first-order valence-corrected chi connectivity index (χ1v) is 8.05. The van der Waals surface area contributed by atoms with E-state index in [9.17, 15) is 0 Å². The summed E-state index contributed by atoms with van der Waals surface area (Å²) in [5.41, 5.74) is 0. The third-order valence-electron chi connectivity index (χ3n) is 4.17. The van der Waals surface area contributed by atoms with Crippen LogP contribution in [-0.4, -0.2) is 32.4 Å². The van der Waals surface area contributed by atoms with Gasteiger partial charge in [-0.15, -0.1) is 0 Å². The van der Waals surface area contributed by atoms with E-state index in [1.165, 1.54) is 83.8 Å². The van der Waals surface area contributed by atoms with Crippen molar-refractivity contribution in [1.82, 2.24) is 4.90 Å². The van der Waals surface area contributed by atoms with Crippen molar-refractivity contribution >= 4 is 7.85 Å². The van der Waals surface area contributed by atoms with Crippen LogP contribution in [0.5, 0.6) is 0 Å². The number of rotatable bonds is 7. The first-order chi connectivity index (χ1) is 8.33. The zero-order valence-corrected chi connectivity index (χ0v) is 12.2. The summed E-state index contributed by atoms with van der Waals surface area (Å²) in [6.07, 6.45) is 14.3. The number of likely N-dealkylation sites (tertiary alicyclic amines) is 1. The Hall–Kier alpha value is 0.0249. The van der Waals surface area contributed by atoms with E-state index in [-0.39, 0.29) is 0 Å². The lowest BCUT2D eigenvalue weighted by molar-refractivity contribution is 0.242. The van der Waals surface area contributed by atoms with Gasteiger partial charge in [-0.1, -0.05) is 57.7 Å². The smallest absolute Gasteiger partial charge is 0.105 e. The molecule has 0 spiro atoms. The Balaban J connectivity index is 1.98. The van der Waals surface area contributed by atoms with Gasteiger partial charge in [0.15, 0.2) is 0 Å². The Labute approximate surface area is 110 Å². The number of hydrogen-bond donors (Lipinski definition) is 0. The van der Waals surface area contributed by atoms with Crippen molar-refractivity contribution < 1.29 is 0 Å². The molecule has 1 rings (SSSR count). The van der Waals surface area contributed by atoms with Crippen LogP contribution in [0.25, 0.3) is 0 Å². The van der Waals surface area contributed by atoms with Gasteiger partial charge in [0.05, 0.1) is 0 Å². The van der Waals surface area contributed by atoms with Crippen LogP contribution in [0.4, 0.5) is 0 Å². The minimum absolute atomic E-state index is 0.978. The molecule has 1 aliphatic heterocycles. The van der Waals surface area contributed by atoms with Gasteiger partial charge in [0.25, 0.3) is 0 Å². The van der Waals surface area contributed by atoms with Crippen molar-refractivity contribution in [2.75, 3.05) is 19.6 Å². The molecule has 1 fully saturated rings. The van der Waals surface area contributed by atoms with Crippen molar-refractivity contribution in [2.45, 2.75) is 76.9 Å². The van der Waals surface area contributed by atoms with Gasteiger partial charge in [-0.2, -0.15) is 0 Å². The molecule has 0 amide bonds. The molecule has 100 valence electrons. The molecule has 1 heterocycles. The van der Waals surface area contributed by atoms with E-state index in [1.807, 2.05) is 0 Å². The number of hydrogen-bond acceptors (Lipinski definition) is 1. The number of unbranched alkanes of at least 4 members (excludes halogenated alkanes) is 5. The fraction of sp³-hybridized carbons (Fsp3) is 1.00. The summed E-state index contributed by atoms with van der Waals surface area (Å²) < 4.78 is 0. The lowest BCUT2D eigenvalue weighted by atomic mass is 9.79. The highest BCUT2D eigenvalue weighted by Crippen LogP contribution is 2.19. The van der Waals surface area contributed by atoms with Crippen LogP contribution in [0.3, 0.4) is 0 Å². The van der Waals surface area contributed by atoms with Crippen LogP contribution in [0, 0.1) is 0 Å². The van der Waals surface area contributed by atoms with Gasteiger partial charge >= 0.3 is 0 Å². The molecular weight excluding hydrogens is 205 g/mol. The van der Waals surface area contributed by atoms with Crippen molar-refractivity contribution in [3.8, 4) is 0 Å². The summed E-state index contributed by atoms with van der Waals surface area (Å²) in [7, 11) is 2.42. The summed E-state index contributed by atoms with van der Waals surface area (Å²) >= 11 is 0. The molecular formula is C15H32BN. The van der Waals surface area contributed by atoms with Crippen LogP contribution in [0.2, 0.25) is 5.82 Å². The zero-order chi connectivity index (χ0) is 12.3. The fourth-order valence-corrected chi connectivity index (χ4v) is 2.92. The van der Waals surface area contributed by atoms with Gasteiger partial charge in [-0.05, 0) is 38.9 Å². The lowest BCUT2D eigenvalue weighted by Crippen LogP contribution is -2.29. The molecule has 0 saturated carbocycles. The molecule has 1 saturated heterocycles. The molecule has 0 atom stereocenters. The molecule has 17 heavy (non-hydrogen) atoms. The average Bonchev–Trinajstić information content (AvgIpc) is 2.29. The second-order valence-electron chi connectivity index (χ2n) is 6.00. The van der Waals surface area contributed by atoms with E-state index >= 15 is 0 Å².